The van der Waals surface area contributed by atoms with Crippen LogP contribution in [0.15, 0.2) is 12.1 Å². The lowest BCUT2D eigenvalue weighted by atomic mass is 9.97. The molecule has 0 aliphatic carbocycles. The second kappa shape index (κ2) is 5.58. The molecule has 0 fully saturated rings. The molecule has 14 heavy (non-hydrogen) atoms. The molecule has 0 spiro atoms. The van der Waals surface area contributed by atoms with Crippen LogP contribution in [-0.2, 0) is 0 Å². The second-order valence-corrected chi connectivity index (χ2v) is 3.33. The van der Waals surface area contributed by atoms with Crippen LogP contribution in [0.2, 0.25) is 0 Å². The maximum Gasteiger partial charge on any atom is 0.160 e. The molecule has 0 saturated carbocycles. The lowest BCUT2D eigenvalue weighted by Crippen LogP contribution is -2.00. The Morgan fingerprint density at radius 1 is 1.00 bits per heavy atom. The zero-order valence-electron chi connectivity index (χ0n) is 10.1. The van der Waals surface area contributed by atoms with E-state index in [1.54, 1.807) is 6.92 Å². The highest BCUT2D eigenvalue weighted by Gasteiger charge is 2.07. The van der Waals surface area contributed by atoms with Crippen LogP contribution in [-0.4, -0.2) is 5.78 Å². The van der Waals surface area contributed by atoms with Gasteiger partial charge < -0.3 is 0 Å². The molecule has 1 rings (SSSR count). The molecule has 0 bridgehead atoms. The Kier molecular flexibility index (Phi) is 5.14. The van der Waals surface area contributed by atoms with Crippen LogP contribution in [0.4, 0.5) is 0 Å². The summed E-state index contributed by atoms with van der Waals surface area (Å²) in [6.07, 6.45) is 0. The first-order valence-electron chi connectivity index (χ1n) is 5.11. The van der Waals surface area contributed by atoms with Gasteiger partial charge in [-0.25, -0.2) is 0 Å². The van der Waals surface area contributed by atoms with E-state index in [0.717, 1.165) is 16.7 Å². The Hall–Kier alpha value is -1.11. The molecule has 78 valence electrons. The van der Waals surface area contributed by atoms with Crippen molar-refractivity contribution >= 4 is 5.78 Å². The number of benzene rings is 1. The van der Waals surface area contributed by atoms with Gasteiger partial charge in [-0.15, -0.1) is 0 Å². The highest BCUT2D eigenvalue weighted by atomic mass is 16.1. The molecule has 0 aliphatic rings. The van der Waals surface area contributed by atoms with Gasteiger partial charge in [0.05, 0.1) is 0 Å². The van der Waals surface area contributed by atoms with Gasteiger partial charge in [0.1, 0.15) is 0 Å². The van der Waals surface area contributed by atoms with Gasteiger partial charge in [0.15, 0.2) is 5.78 Å². The quantitative estimate of drug-likeness (QED) is 0.618. The zero-order chi connectivity index (χ0) is 11.3. The maximum absolute atomic E-state index is 11.2. The third kappa shape index (κ3) is 2.99. The summed E-state index contributed by atoms with van der Waals surface area (Å²) in [5.41, 5.74) is 4.26. The number of carbonyl (C=O) groups is 1. The zero-order valence-corrected chi connectivity index (χ0v) is 10.1. The first-order chi connectivity index (χ1) is 6.52. The van der Waals surface area contributed by atoms with Gasteiger partial charge in [0.2, 0.25) is 0 Å². The van der Waals surface area contributed by atoms with Crippen LogP contribution in [0.3, 0.4) is 0 Å². The fourth-order valence-corrected chi connectivity index (χ4v) is 1.74. The summed E-state index contributed by atoms with van der Waals surface area (Å²) in [7, 11) is 0. The molecule has 1 heteroatoms. The highest BCUT2D eigenvalue weighted by Crippen LogP contribution is 2.16. The molecule has 0 unspecified atom stereocenters. The third-order valence-electron chi connectivity index (χ3n) is 2.03. The molecule has 0 aliphatic heterocycles. The van der Waals surface area contributed by atoms with Crippen molar-refractivity contribution < 1.29 is 4.79 Å². The van der Waals surface area contributed by atoms with Crippen molar-refractivity contribution in [2.24, 2.45) is 0 Å². The molecule has 0 amide bonds. The first kappa shape index (κ1) is 12.9. The minimum atomic E-state index is 0.157. The average Bonchev–Trinajstić information content (AvgIpc) is 2.04. The van der Waals surface area contributed by atoms with Gasteiger partial charge in [-0.2, -0.15) is 0 Å². The van der Waals surface area contributed by atoms with E-state index in [1.165, 1.54) is 5.56 Å². The monoisotopic (exact) mass is 192 g/mol. The van der Waals surface area contributed by atoms with Crippen LogP contribution in [0, 0.1) is 20.8 Å². The Morgan fingerprint density at radius 2 is 1.36 bits per heavy atom. The van der Waals surface area contributed by atoms with E-state index in [0.29, 0.717) is 0 Å². The molecule has 1 aromatic carbocycles. The van der Waals surface area contributed by atoms with Crippen LogP contribution in [0.1, 0.15) is 47.8 Å². The Labute approximate surface area is 87.2 Å². The minimum absolute atomic E-state index is 0.157. The Bertz CT molecular complexity index is 301. The highest BCUT2D eigenvalue weighted by molar-refractivity contribution is 5.97. The van der Waals surface area contributed by atoms with Gasteiger partial charge in [-0.3, -0.25) is 4.79 Å². The molecule has 1 aromatic rings. The molecule has 0 saturated heterocycles. The van der Waals surface area contributed by atoms with Crippen LogP contribution >= 0.6 is 0 Å². The summed E-state index contributed by atoms with van der Waals surface area (Å²) >= 11 is 0. The summed E-state index contributed by atoms with van der Waals surface area (Å²) in [6, 6.07) is 4.09. The number of Topliss-reactive ketones (excluding diaryl/α,β-unsaturated/α-hetero) is 1. The van der Waals surface area contributed by atoms with Crippen LogP contribution in [0.25, 0.3) is 0 Å². The summed E-state index contributed by atoms with van der Waals surface area (Å²) in [5, 5.41) is 0. The number of rotatable bonds is 1. The number of aryl methyl sites for hydroxylation is 3. The largest absolute Gasteiger partial charge is 0.294 e. The van der Waals surface area contributed by atoms with Crippen molar-refractivity contribution in [3.05, 3.63) is 34.4 Å². The van der Waals surface area contributed by atoms with E-state index >= 15 is 0 Å². The molecule has 0 atom stereocenters. The van der Waals surface area contributed by atoms with Gasteiger partial charge in [-0.05, 0) is 38.8 Å². The van der Waals surface area contributed by atoms with Crippen molar-refractivity contribution in [3.8, 4) is 0 Å². The third-order valence-corrected chi connectivity index (χ3v) is 2.03. The molecular formula is C13H20O. The van der Waals surface area contributed by atoms with Gasteiger partial charge in [0, 0.05) is 5.56 Å². The van der Waals surface area contributed by atoms with E-state index in [-0.39, 0.29) is 5.78 Å². The average molecular weight is 192 g/mol. The van der Waals surface area contributed by atoms with Gasteiger partial charge in [-0.1, -0.05) is 31.5 Å². The van der Waals surface area contributed by atoms with Crippen molar-refractivity contribution in [2.75, 3.05) is 0 Å². The predicted molar refractivity (Wildman–Crippen MR) is 62.0 cm³/mol. The maximum atomic E-state index is 11.2. The molecular weight excluding hydrogens is 172 g/mol. The van der Waals surface area contributed by atoms with E-state index in [9.17, 15) is 4.79 Å². The molecule has 1 nitrogen and oxygen atoms in total. The van der Waals surface area contributed by atoms with Crippen molar-refractivity contribution in [1.82, 2.24) is 0 Å². The number of ketones is 1. The SMILES string of the molecule is CC.CC(=O)c1c(C)cc(C)cc1C. The minimum Gasteiger partial charge on any atom is -0.294 e. The summed E-state index contributed by atoms with van der Waals surface area (Å²) in [6.45, 7) is 11.6. The van der Waals surface area contributed by atoms with Crippen LogP contribution in [0.5, 0.6) is 0 Å². The predicted octanol–water partition coefficient (Wildman–Crippen LogP) is 3.84. The Morgan fingerprint density at radius 3 is 1.64 bits per heavy atom. The summed E-state index contributed by atoms with van der Waals surface area (Å²) in [4.78, 5) is 11.2. The topological polar surface area (TPSA) is 17.1 Å². The van der Waals surface area contributed by atoms with E-state index < -0.39 is 0 Å². The molecule has 0 radical (unpaired) electrons. The van der Waals surface area contributed by atoms with E-state index in [1.807, 2.05) is 46.8 Å². The van der Waals surface area contributed by atoms with Crippen molar-refractivity contribution in [3.63, 3.8) is 0 Å². The summed E-state index contributed by atoms with van der Waals surface area (Å²) in [5.74, 6) is 0.157. The normalized spacial score (nSPS) is 9.00. The number of hydrogen-bond acceptors (Lipinski definition) is 1. The summed E-state index contributed by atoms with van der Waals surface area (Å²) < 4.78 is 0. The van der Waals surface area contributed by atoms with Crippen molar-refractivity contribution in [2.45, 2.75) is 41.5 Å². The number of hydrogen-bond donors (Lipinski definition) is 0. The molecule has 0 aromatic heterocycles. The number of carbonyl (C=O) groups excluding carboxylic acids is 1. The smallest absolute Gasteiger partial charge is 0.160 e. The second-order valence-electron chi connectivity index (χ2n) is 3.33. The fraction of sp³-hybridized carbons (Fsp3) is 0.462. The molecule has 0 heterocycles. The van der Waals surface area contributed by atoms with Crippen LogP contribution < -0.4 is 0 Å². The van der Waals surface area contributed by atoms with Gasteiger partial charge >= 0.3 is 0 Å². The fourth-order valence-electron chi connectivity index (χ4n) is 1.74. The van der Waals surface area contributed by atoms with E-state index in [2.05, 4.69) is 0 Å². The standard InChI is InChI=1S/C11H14O.C2H6/c1-7-5-8(2)11(10(4)12)9(3)6-7;1-2/h5-6H,1-4H3;1-2H3. The van der Waals surface area contributed by atoms with Gasteiger partial charge in [0.25, 0.3) is 0 Å². The Balaban J connectivity index is 0.000000791. The molecule has 0 N–H and O–H groups in total. The first-order valence-corrected chi connectivity index (χ1v) is 5.11. The lowest BCUT2D eigenvalue weighted by molar-refractivity contribution is 0.101. The van der Waals surface area contributed by atoms with E-state index in [4.69, 9.17) is 0 Å². The lowest BCUT2D eigenvalue weighted by Gasteiger charge is -2.07. The van der Waals surface area contributed by atoms with Crippen molar-refractivity contribution in [1.29, 1.82) is 0 Å².